The van der Waals surface area contributed by atoms with E-state index in [-0.39, 0.29) is 6.10 Å². The number of nitrogens with zero attached hydrogens (tertiary/aromatic N) is 4. The largest absolute Gasteiger partial charge is 0.393 e. The molecule has 1 heterocycles. The fourth-order valence-electron chi connectivity index (χ4n) is 2.83. The predicted molar refractivity (Wildman–Crippen MR) is 97.4 cm³/mol. The zero-order valence-electron chi connectivity index (χ0n) is 15.7. The van der Waals surface area contributed by atoms with Gasteiger partial charge in [-0.25, -0.2) is 4.99 Å². The number of hydrogen-bond acceptors (Lipinski definition) is 5. The summed E-state index contributed by atoms with van der Waals surface area (Å²) in [5, 5.41) is 24.8. The molecule has 1 aliphatic rings. The van der Waals surface area contributed by atoms with E-state index >= 15 is 0 Å². The number of ether oxygens (including phenoxy) is 1. The fraction of sp³-hybridized carbons (Fsp3) is 0.824. The quantitative estimate of drug-likeness (QED) is 0.365. The summed E-state index contributed by atoms with van der Waals surface area (Å²) >= 11 is 0. The van der Waals surface area contributed by atoms with Crippen molar-refractivity contribution in [2.75, 3.05) is 19.8 Å². The minimum Gasteiger partial charge on any atom is -0.393 e. The van der Waals surface area contributed by atoms with Gasteiger partial charge in [-0.2, -0.15) is 0 Å². The summed E-state index contributed by atoms with van der Waals surface area (Å²) in [7, 11) is 1.95. The van der Waals surface area contributed by atoms with Gasteiger partial charge in [0.25, 0.3) is 0 Å². The summed E-state index contributed by atoms with van der Waals surface area (Å²) in [5.74, 6) is 2.51. The van der Waals surface area contributed by atoms with Gasteiger partial charge in [-0.3, -0.25) is 0 Å². The Labute approximate surface area is 150 Å². The van der Waals surface area contributed by atoms with Crippen LogP contribution < -0.4 is 10.6 Å². The van der Waals surface area contributed by atoms with Crippen LogP contribution in [-0.4, -0.2) is 57.7 Å². The van der Waals surface area contributed by atoms with E-state index in [1.807, 2.05) is 25.5 Å². The topological polar surface area (TPSA) is 96.6 Å². The molecule has 0 bridgehead atoms. The van der Waals surface area contributed by atoms with Crippen LogP contribution in [0.4, 0.5) is 0 Å². The average molecular weight is 352 g/mol. The zero-order chi connectivity index (χ0) is 18.1. The van der Waals surface area contributed by atoms with Crippen molar-refractivity contribution in [2.24, 2.45) is 12.0 Å². The third kappa shape index (κ3) is 6.62. The van der Waals surface area contributed by atoms with Crippen LogP contribution in [0.3, 0.4) is 0 Å². The minimum atomic E-state index is -0.154. The van der Waals surface area contributed by atoms with Crippen molar-refractivity contribution in [3.05, 3.63) is 11.6 Å². The Morgan fingerprint density at radius 3 is 2.72 bits per heavy atom. The average Bonchev–Trinajstić information content (AvgIpc) is 2.93. The van der Waals surface area contributed by atoms with E-state index < -0.39 is 0 Å². The number of aliphatic hydroxyl groups excluding tert-OH is 1. The van der Waals surface area contributed by atoms with Crippen molar-refractivity contribution >= 4 is 5.96 Å². The number of aliphatic hydroxyl groups is 1. The Morgan fingerprint density at radius 2 is 2.08 bits per heavy atom. The molecule has 1 aromatic rings. The Bertz CT molecular complexity index is 537. The Kier molecular flexibility index (Phi) is 8.14. The molecule has 0 aliphatic heterocycles. The van der Waals surface area contributed by atoms with Gasteiger partial charge < -0.3 is 25.0 Å². The minimum absolute atomic E-state index is 0.154. The van der Waals surface area contributed by atoms with Crippen molar-refractivity contribution in [3.63, 3.8) is 0 Å². The standard InChI is InChI=1S/C17H32N6O2/c1-4-25-11-5-10-18-17(20-14-6-8-15(24)9-7-14)19-12-16-22-21-13(2)23(16)3/h14-15,24H,4-12H2,1-3H3,(H2,18,19,20). The molecule has 25 heavy (non-hydrogen) atoms. The van der Waals surface area contributed by atoms with E-state index in [1.165, 1.54) is 0 Å². The summed E-state index contributed by atoms with van der Waals surface area (Å²) in [4.78, 5) is 4.67. The molecule has 0 spiro atoms. The maximum atomic E-state index is 9.66. The molecule has 3 N–H and O–H groups in total. The first kappa shape index (κ1) is 19.7. The van der Waals surface area contributed by atoms with Crippen LogP contribution in [0.15, 0.2) is 4.99 Å². The highest BCUT2D eigenvalue weighted by atomic mass is 16.5. The third-order valence-electron chi connectivity index (χ3n) is 4.56. The molecule has 2 rings (SSSR count). The number of hydrogen-bond donors (Lipinski definition) is 3. The summed E-state index contributed by atoms with van der Waals surface area (Å²) in [6, 6.07) is 0.350. The third-order valence-corrected chi connectivity index (χ3v) is 4.56. The molecule has 1 fully saturated rings. The second kappa shape index (κ2) is 10.4. The Morgan fingerprint density at radius 1 is 1.32 bits per heavy atom. The Hall–Kier alpha value is -1.67. The lowest BCUT2D eigenvalue weighted by Gasteiger charge is -2.27. The molecule has 142 valence electrons. The second-order valence-corrected chi connectivity index (χ2v) is 6.51. The summed E-state index contributed by atoms with van der Waals surface area (Å²) in [5.41, 5.74) is 0. The first-order chi connectivity index (χ1) is 12.1. The number of aryl methyl sites for hydroxylation is 1. The monoisotopic (exact) mass is 352 g/mol. The molecule has 8 nitrogen and oxygen atoms in total. The highest BCUT2D eigenvalue weighted by Gasteiger charge is 2.20. The van der Waals surface area contributed by atoms with Crippen LogP contribution in [0.1, 0.15) is 50.7 Å². The van der Waals surface area contributed by atoms with Gasteiger partial charge in [0.15, 0.2) is 11.8 Å². The maximum absolute atomic E-state index is 9.66. The highest BCUT2D eigenvalue weighted by Crippen LogP contribution is 2.18. The number of nitrogens with one attached hydrogen (secondary N) is 2. The molecule has 0 radical (unpaired) electrons. The number of aromatic nitrogens is 3. The van der Waals surface area contributed by atoms with Gasteiger partial charge in [0.1, 0.15) is 12.4 Å². The van der Waals surface area contributed by atoms with Crippen molar-refractivity contribution < 1.29 is 9.84 Å². The number of guanidine groups is 1. The van der Waals surface area contributed by atoms with Crippen LogP contribution in [0, 0.1) is 6.92 Å². The molecular weight excluding hydrogens is 320 g/mol. The maximum Gasteiger partial charge on any atom is 0.191 e. The molecular formula is C17H32N6O2. The van der Waals surface area contributed by atoms with Gasteiger partial charge in [0.05, 0.1) is 6.10 Å². The molecule has 0 atom stereocenters. The van der Waals surface area contributed by atoms with Crippen LogP contribution >= 0.6 is 0 Å². The van der Waals surface area contributed by atoms with Crippen LogP contribution in [0.25, 0.3) is 0 Å². The summed E-state index contributed by atoms with van der Waals surface area (Å²) < 4.78 is 7.33. The van der Waals surface area contributed by atoms with Crippen molar-refractivity contribution in [1.82, 2.24) is 25.4 Å². The molecule has 0 unspecified atom stereocenters. The first-order valence-electron chi connectivity index (χ1n) is 9.25. The fourth-order valence-corrected chi connectivity index (χ4v) is 2.83. The number of aliphatic imine (C=N–C) groups is 1. The lowest BCUT2D eigenvalue weighted by Crippen LogP contribution is -2.45. The molecule has 8 heteroatoms. The number of rotatable bonds is 8. The van der Waals surface area contributed by atoms with Crippen molar-refractivity contribution in [3.8, 4) is 0 Å². The lowest BCUT2D eigenvalue weighted by atomic mass is 9.93. The molecule has 1 aromatic heterocycles. The SMILES string of the molecule is CCOCCCNC(=NCc1nnc(C)n1C)NC1CCC(O)CC1. The van der Waals surface area contributed by atoms with E-state index in [2.05, 4.69) is 25.8 Å². The van der Waals surface area contributed by atoms with Crippen LogP contribution in [0.2, 0.25) is 0 Å². The normalized spacial score (nSPS) is 21.4. The van der Waals surface area contributed by atoms with Gasteiger partial charge in [0.2, 0.25) is 0 Å². The van der Waals surface area contributed by atoms with E-state index in [4.69, 9.17) is 4.74 Å². The highest BCUT2D eigenvalue weighted by molar-refractivity contribution is 5.80. The molecule has 0 aromatic carbocycles. The van der Waals surface area contributed by atoms with E-state index in [0.717, 1.165) is 69.5 Å². The van der Waals surface area contributed by atoms with Gasteiger partial charge in [-0.15, -0.1) is 10.2 Å². The molecule has 0 amide bonds. The zero-order valence-corrected chi connectivity index (χ0v) is 15.7. The van der Waals surface area contributed by atoms with Gasteiger partial charge in [0, 0.05) is 32.8 Å². The predicted octanol–water partition coefficient (Wildman–Crippen LogP) is 0.889. The van der Waals surface area contributed by atoms with E-state index in [0.29, 0.717) is 12.6 Å². The summed E-state index contributed by atoms with van der Waals surface area (Å²) in [6.07, 6.45) is 4.39. The molecule has 0 saturated heterocycles. The van der Waals surface area contributed by atoms with Crippen molar-refractivity contribution in [2.45, 2.75) is 64.6 Å². The lowest BCUT2D eigenvalue weighted by molar-refractivity contribution is 0.120. The van der Waals surface area contributed by atoms with Crippen LogP contribution in [0.5, 0.6) is 0 Å². The van der Waals surface area contributed by atoms with Crippen LogP contribution in [-0.2, 0) is 18.3 Å². The second-order valence-electron chi connectivity index (χ2n) is 6.51. The first-order valence-corrected chi connectivity index (χ1v) is 9.25. The van der Waals surface area contributed by atoms with Crippen molar-refractivity contribution in [1.29, 1.82) is 0 Å². The smallest absolute Gasteiger partial charge is 0.191 e. The van der Waals surface area contributed by atoms with E-state index in [9.17, 15) is 5.11 Å². The van der Waals surface area contributed by atoms with Gasteiger partial charge in [-0.1, -0.05) is 0 Å². The molecule has 1 aliphatic carbocycles. The van der Waals surface area contributed by atoms with Gasteiger partial charge >= 0.3 is 0 Å². The Balaban J connectivity index is 1.90. The van der Waals surface area contributed by atoms with E-state index in [1.54, 1.807) is 0 Å². The van der Waals surface area contributed by atoms with Gasteiger partial charge in [-0.05, 0) is 46.0 Å². The summed E-state index contributed by atoms with van der Waals surface area (Å²) in [6.45, 7) is 6.71. The molecule has 1 saturated carbocycles.